The smallest absolute Gasteiger partial charge is 0.307 e. The van der Waals surface area contributed by atoms with Crippen molar-refractivity contribution in [3.8, 4) is 0 Å². The molecule has 2 unspecified atom stereocenters. The van der Waals surface area contributed by atoms with Crippen LogP contribution >= 0.6 is 0 Å². The number of nitrogens with zero attached hydrogens (tertiary/aromatic N) is 1. The fraction of sp³-hybridized carbons (Fsp3) is 0.882. The maximum Gasteiger partial charge on any atom is 0.307 e. The standard InChI is InChI=1S/C17H31NO3/c1-3-5-7-12-18(13-8-6-4-2)16(19)14-10-9-11-15(14)17(20)21/h14-15H,3-13H2,1-2H3,(H,20,21). The van der Waals surface area contributed by atoms with Gasteiger partial charge in [0.2, 0.25) is 5.91 Å². The van der Waals surface area contributed by atoms with E-state index < -0.39 is 11.9 Å². The molecule has 0 aromatic heterocycles. The van der Waals surface area contributed by atoms with E-state index in [0.717, 1.165) is 64.5 Å². The van der Waals surface area contributed by atoms with Crippen molar-refractivity contribution in [3.63, 3.8) is 0 Å². The number of rotatable bonds is 10. The van der Waals surface area contributed by atoms with Crippen molar-refractivity contribution in [2.24, 2.45) is 11.8 Å². The average molecular weight is 297 g/mol. The summed E-state index contributed by atoms with van der Waals surface area (Å²) in [6.45, 7) is 5.89. The maximum atomic E-state index is 12.7. The molecule has 1 saturated carbocycles. The molecular formula is C17H31NO3. The Morgan fingerprint density at radius 3 is 1.95 bits per heavy atom. The number of aliphatic carboxylic acids is 1. The summed E-state index contributed by atoms with van der Waals surface area (Å²) in [6, 6.07) is 0. The Bertz CT molecular complexity index is 320. The fourth-order valence-corrected chi connectivity index (χ4v) is 3.22. The van der Waals surface area contributed by atoms with Gasteiger partial charge in [0.05, 0.1) is 11.8 Å². The molecule has 0 aliphatic heterocycles. The van der Waals surface area contributed by atoms with Gasteiger partial charge in [0.1, 0.15) is 0 Å². The lowest BCUT2D eigenvalue weighted by Gasteiger charge is -2.27. The third kappa shape index (κ3) is 5.68. The molecule has 1 N–H and O–H groups in total. The lowest BCUT2D eigenvalue weighted by molar-refractivity contribution is -0.149. The topological polar surface area (TPSA) is 57.6 Å². The summed E-state index contributed by atoms with van der Waals surface area (Å²) in [4.78, 5) is 25.9. The molecule has 1 amide bonds. The quantitative estimate of drug-likeness (QED) is 0.626. The second-order valence-electron chi connectivity index (χ2n) is 6.22. The predicted octanol–water partition coefficient (Wildman–Crippen LogP) is 3.70. The van der Waals surface area contributed by atoms with Gasteiger partial charge in [0.25, 0.3) is 0 Å². The van der Waals surface area contributed by atoms with Gasteiger partial charge < -0.3 is 10.0 Å². The van der Waals surface area contributed by atoms with Gasteiger partial charge in [-0.15, -0.1) is 0 Å². The Labute approximate surface area is 128 Å². The van der Waals surface area contributed by atoms with E-state index in [-0.39, 0.29) is 11.8 Å². The zero-order valence-electron chi connectivity index (χ0n) is 13.6. The summed E-state index contributed by atoms with van der Waals surface area (Å²) in [5.41, 5.74) is 0. The van der Waals surface area contributed by atoms with Crippen LogP contribution in [0.1, 0.15) is 71.6 Å². The molecule has 1 rings (SSSR count). The molecule has 21 heavy (non-hydrogen) atoms. The molecule has 0 heterocycles. The zero-order chi connectivity index (χ0) is 15.7. The highest BCUT2D eigenvalue weighted by Crippen LogP contribution is 2.33. The van der Waals surface area contributed by atoms with Gasteiger partial charge in [0, 0.05) is 13.1 Å². The number of carboxylic acids is 1. The van der Waals surface area contributed by atoms with Crippen LogP contribution in [0.3, 0.4) is 0 Å². The first-order valence-corrected chi connectivity index (χ1v) is 8.63. The normalized spacial score (nSPS) is 21.4. The number of carboxylic acid groups (broad SMARTS) is 1. The number of amides is 1. The van der Waals surface area contributed by atoms with Crippen LogP contribution in [0.15, 0.2) is 0 Å². The number of unbranched alkanes of at least 4 members (excludes halogenated alkanes) is 4. The highest BCUT2D eigenvalue weighted by Gasteiger charge is 2.39. The van der Waals surface area contributed by atoms with Gasteiger partial charge in [-0.25, -0.2) is 0 Å². The van der Waals surface area contributed by atoms with Crippen molar-refractivity contribution in [1.82, 2.24) is 4.90 Å². The lowest BCUT2D eigenvalue weighted by atomic mass is 9.94. The van der Waals surface area contributed by atoms with Crippen LogP contribution < -0.4 is 0 Å². The summed E-state index contributed by atoms with van der Waals surface area (Å²) < 4.78 is 0. The first-order chi connectivity index (χ1) is 10.1. The van der Waals surface area contributed by atoms with Crippen LogP contribution in [-0.2, 0) is 9.59 Å². The number of carbonyl (C=O) groups is 2. The molecule has 1 fully saturated rings. The Morgan fingerprint density at radius 2 is 1.48 bits per heavy atom. The van der Waals surface area contributed by atoms with Crippen LogP contribution in [0.25, 0.3) is 0 Å². The first kappa shape index (κ1) is 18.0. The van der Waals surface area contributed by atoms with E-state index in [4.69, 9.17) is 0 Å². The molecule has 0 aromatic rings. The van der Waals surface area contributed by atoms with Crippen molar-refractivity contribution in [2.75, 3.05) is 13.1 Å². The molecule has 1 aliphatic carbocycles. The zero-order valence-corrected chi connectivity index (χ0v) is 13.6. The van der Waals surface area contributed by atoms with Gasteiger partial charge in [-0.2, -0.15) is 0 Å². The van der Waals surface area contributed by atoms with E-state index in [2.05, 4.69) is 13.8 Å². The summed E-state index contributed by atoms with van der Waals surface area (Å²) in [5, 5.41) is 9.27. The maximum absolute atomic E-state index is 12.7. The lowest BCUT2D eigenvalue weighted by Crippen LogP contribution is -2.40. The number of carbonyl (C=O) groups excluding carboxylic acids is 1. The molecule has 0 spiro atoms. The largest absolute Gasteiger partial charge is 0.481 e. The fourth-order valence-electron chi connectivity index (χ4n) is 3.22. The molecule has 0 radical (unpaired) electrons. The van der Waals surface area contributed by atoms with E-state index in [1.165, 1.54) is 0 Å². The molecule has 4 heteroatoms. The Morgan fingerprint density at radius 1 is 0.952 bits per heavy atom. The first-order valence-electron chi connectivity index (χ1n) is 8.63. The Hall–Kier alpha value is -1.06. The molecule has 0 aromatic carbocycles. The van der Waals surface area contributed by atoms with Gasteiger partial charge in [-0.3, -0.25) is 9.59 Å². The minimum absolute atomic E-state index is 0.0899. The predicted molar refractivity (Wildman–Crippen MR) is 84.1 cm³/mol. The summed E-state index contributed by atoms with van der Waals surface area (Å²) in [6.07, 6.45) is 8.85. The molecule has 1 aliphatic rings. The minimum atomic E-state index is -0.798. The Balaban J connectivity index is 2.61. The van der Waals surface area contributed by atoms with Gasteiger partial charge >= 0.3 is 5.97 Å². The summed E-state index contributed by atoms with van der Waals surface area (Å²) in [7, 11) is 0. The highest BCUT2D eigenvalue weighted by molar-refractivity contribution is 5.85. The van der Waals surface area contributed by atoms with Crippen LogP contribution in [-0.4, -0.2) is 35.0 Å². The summed E-state index contributed by atoms with van der Waals surface area (Å²) in [5.74, 6) is -1.46. The van der Waals surface area contributed by atoms with Crippen LogP contribution in [0.5, 0.6) is 0 Å². The van der Waals surface area contributed by atoms with Crippen molar-refractivity contribution < 1.29 is 14.7 Å². The van der Waals surface area contributed by atoms with E-state index in [0.29, 0.717) is 6.42 Å². The molecule has 4 nitrogen and oxygen atoms in total. The van der Waals surface area contributed by atoms with Crippen molar-refractivity contribution in [1.29, 1.82) is 0 Å². The van der Waals surface area contributed by atoms with Gasteiger partial charge in [0.15, 0.2) is 0 Å². The SMILES string of the molecule is CCCCCN(CCCCC)C(=O)C1CCCC1C(=O)O. The number of hydrogen-bond donors (Lipinski definition) is 1. The molecule has 2 atom stereocenters. The van der Waals surface area contributed by atoms with Gasteiger partial charge in [-0.1, -0.05) is 46.0 Å². The summed E-state index contributed by atoms with van der Waals surface area (Å²) >= 11 is 0. The molecular weight excluding hydrogens is 266 g/mol. The minimum Gasteiger partial charge on any atom is -0.481 e. The second kappa shape index (κ2) is 9.80. The molecule has 0 bridgehead atoms. The van der Waals surface area contributed by atoms with Crippen molar-refractivity contribution in [3.05, 3.63) is 0 Å². The van der Waals surface area contributed by atoms with Crippen molar-refractivity contribution >= 4 is 11.9 Å². The van der Waals surface area contributed by atoms with Crippen LogP contribution in [0.4, 0.5) is 0 Å². The van der Waals surface area contributed by atoms with E-state index in [1.54, 1.807) is 0 Å². The third-order valence-electron chi connectivity index (χ3n) is 4.53. The van der Waals surface area contributed by atoms with E-state index >= 15 is 0 Å². The number of hydrogen-bond acceptors (Lipinski definition) is 2. The van der Waals surface area contributed by atoms with E-state index in [1.807, 2.05) is 4.90 Å². The van der Waals surface area contributed by atoms with Gasteiger partial charge in [-0.05, 0) is 25.7 Å². The second-order valence-corrected chi connectivity index (χ2v) is 6.22. The molecule has 122 valence electrons. The van der Waals surface area contributed by atoms with E-state index in [9.17, 15) is 14.7 Å². The van der Waals surface area contributed by atoms with Crippen molar-refractivity contribution in [2.45, 2.75) is 71.6 Å². The third-order valence-corrected chi connectivity index (χ3v) is 4.53. The molecule has 0 saturated heterocycles. The average Bonchev–Trinajstić information content (AvgIpc) is 2.95. The van der Waals surface area contributed by atoms with Crippen LogP contribution in [0, 0.1) is 11.8 Å². The van der Waals surface area contributed by atoms with Crippen LogP contribution in [0.2, 0.25) is 0 Å². The monoisotopic (exact) mass is 297 g/mol. The Kier molecular flexibility index (Phi) is 8.40. The highest BCUT2D eigenvalue weighted by atomic mass is 16.4.